The number of aromatic nitrogens is 2. The van der Waals surface area contributed by atoms with Gasteiger partial charge in [-0.3, -0.25) is 9.36 Å². The van der Waals surface area contributed by atoms with Gasteiger partial charge in [0.25, 0.3) is 5.56 Å². The largest absolute Gasteiger partial charge is 0.268 e. The van der Waals surface area contributed by atoms with Crippen LogP contribution in [0.5, 0.6) is 0 Å². The summed E-state index contributed by atoms with van der Waals surface area (Å²) in [4.78, 5) is 19.1. The molecule has 0 spiro atoms. The van der Waals surface area contributed by atoms with Crippen molar-refractivity contribution in [1.29, 1.82) is 0 Å². The van der Waals surface area contributed by atoms with Crippen LogP contribution in [0.25, 0.3) is 28.7 Å². The Kier molecular flexibility index (Phi) is 4.68. The third-order valence-corrected chi connectivity index (χ3v) is 5.75. The average Bonchev–Trinajstić information content (AvgIpc) is 3.03. The van der Waals surface area contributed by atoms with E-state index in [0.29, 0.717) is 16.2 Å². The number of benzene rings is 2. The highest BCUT2D eigenvalue weighted by Gasteiger charge is 2.15. The van der Waals surface area contributed by atoms with Gasteiger partial charge in [0.1, 0.15) is 5.82 Å². The molecule has 4 rings (SSSR count). The highest BCUT2D eigenvalue weighted by atomic mass is 35.5. The summed E-state index contributed by atoms with van der Waals surface area (Å²) in [5.41, 5.74) is 3.41. The van der Waals surface area contributed by atoms with Crippen molar-refractivity contribution in [3.05, 3.63) is 91.1 Å². The molecule has 0 bridgehead atoms. The van der Waals surface area contributed by atoms with Gasteiger partial charge in [0.2, 0.25) is 0 Å². The van der Waals surface area contributed by atoms with Crippen molar-refractivity contribution in [3.63, 3.8) is 0 Å². The lowest BCUT2D eigenvalue weighted by molar-refractivity contribution is 0.935. The van der Waals surface area contributed by atoms with Gasteiger partial charge in [-0.05, 0) is 49.3 Å². The van der Waals surface area contributed by atoms with Gasteiger partial charge in [-0.25, -0.2) is 4.98 Å². The van der Waals surface area contributed by atoms with Crippen LogP contribution in [-0.2, 0) is 0 Å². The van der Waals surface area contributed by atoms with Gasteiger partial charge in [0.05, 0.1) is 16.6 Å². The predicted octanol–water partition coefficient (Wildman–Crippen LogP) is 5.89. The minimum absolute atomic E-state index is 0.0492. The summed E-state index contributed by atoms with van der Waals surface area (Å²) in [6.45, 7) is 3.95. The van der Waals surface area contributed by atoms with E-state index in [0.717, 1.165) is 27.2 Å². The number of aryl methyl sites for hydroxylation is 2. The van der Waals surface area contributed by atoms with Crippen molar-refractivity contribution in [2.24, 2.45) is 0 Å². The third kappa shape index (κ3) is 3.22. The molecular weight excluding hydrogens is 376 g/mol. The molecule has 0 saturated carbocycles. The molecule has 2 aromatic heterocycles. The molecule has 0 fully saturated rings. The molecule has 0 atom stereocenters. The summed E-state index contributed by atoms with van der Waals surface area (Å²) >= 11 is 7.81. The molecule has 0 unspecified atom stereocenters. The average molecular weight is 393 g/mol. The van der Waals surface area contributed by atoms with Crippen LogP contribution in [0.4, 0.5) is 0 Å². The first-order valence-electron chi connectivity index (χ1n) is 8.56. The number of fused-ring (bicyclic) bond motifs is 1. The smallest absolute Gasteiger partial charge is 0.267 e. The van der Waals surface area contributed by atoms with E-state index < -0.39 is 0 Å². The molecule has 5 heteroatoms. The number of hydrogen-bond donors (Lipinski definition) is 0. The Morgan fingerprint density at radius 3 is 2.56 bits per heavy atom. The Bertz CT molecular complexity index is 1240. The van der Waals surface area contributed by atoms with Gasteiger partial charge in [-0.1, -0.05) is 48.0 Å². The van der Waals surface area contributed by atoms with Gasteiger partial charge >= 0.3 is 0 Å². The standard InChI is InChI=1S/C22H17ClN2OS/c1-14-7-3-6-10-19(14)25-20(12-11-16-8-4-5-9-17(16)23)24-18-13-27-15(2)21(18)22(25)26/h3-13H,1-2H3/b12-11+. The first-order valence-corrected chi connectivity index (χ1v) is 9.81. The van der Waals surface area contributed by atoms with Crippen molar-refractivity contribution < 1.29 is 0 Å². The molecule has 134 valence electrons. The Morgan fingerprint density at radius 2 is 1.78 bits per heavy atom. The predicted molar refractivity (Wildman–Crippen MR) is 115 cm³/mol. The molecule has 27 heavy (non-hydrogen) atoms. The summed E-state index contributed by atoms with van der Waals surface area (Å²) in [5, 5.41) is 3.27. The number of halogens is 1. The topological polar surface area (TPSA) is 34.9 Å². The fourth-order valence-corrected chi connectivity index (χ4v) is 4.07. The van der Waals surface area contributed by atoms with Gasteiger partial charge in [0.15, 0.2) is 0 Å². The van der Waals surface area contributed by atoms with Crippen LogP contribution in [0.3, 0.4) is 0 Å². The summed E-state index contributed by atoms with van der Waals surface area (Å²) < 4.78 is 1.69. The fraction of sp³-hybridized carbons (Fsp3) is 0.0909. The van der Waals surface area contributed by atoms with Crippen molar-refractivity contribution >= 4 is 46.0 Å². The van der Waals surface area contributed by atoms with E-state index >= 15 is 0 Å². The van der Waals surface area contributed by atoms with E-state index in [2.05, 4.69) is 0 Å². The molecule has 0 N–H and O–H groups in total. The molecule has 3 nitrogen and oxygen atoms in total. The lowest BCUT2D eigenvalue weighted by atomic mass is 10.1. The molecule has 0 aliphatic carbocycles. The number of para-hydroxylation sites is 1. The SMILES string of the molecule is Cc1ccccc1-n1c(/C=C/c2ccccc2Cl)nc2csc(C)c2c1=O. The molecule has 0 radical (unpaired) electrons. The Hall–Kier alpha value is -2.69. The van der Waals surface area contributed by atoms with E-state index in [-0.39, 0.29) is 5.56 Å². The van der Waals surface area contributed by atoms with Crippen LogP contribution in [-0.4, -0.2) is 9.55 Å². The second-order valence-corrected chi connectivity index (χ2v) is 7.80. The van der Waals surface area contributed by atoms with Gasteiger partial charge in [0, 0.05) is 15.3 Å². The monoisotopic (exact) mass is 392 g/mol. The zero-order valence-electron chi connectivity index (χ0n) is 14.9. The molecule has 2 aromatic carbocycles. The number of thiophene rings is 1. The van der Waals surface area contributed by atoms with E-state index in [1.54, 1.807) is 15.9 Å². The third-order valence-electron chi connectivity index (χ3n) is 4.51. The van der Waals surface area contributed by atoms with Crippen LogP contribution < -0.4 is 5.56 Å². The zero-order valence-corrected chi connectivity index (χ0v) is 16.5. The Morgan fingerprint density at radius 1 is 1.04 bits per heavy atom. The molecule has 0 amide bonds. The van der Waals surface area contributed by atoms with Gasteiger partial charge < -0.3 is 0 Å². The van der Waals surface area contributed by atoms with Crippen LogP contribution in [0, 0.1) is 13.8 Å². The first kappa shape index (κ1) is 17.7. The Balaban J connectivity index is 1.99. The van der Waals surface area contributed by atoms with E-state index in [1.165, 1.54) is 0 Å². The summed E-state index contributed by atoms with van der Waals surface area (Å²) in [6.07, 6.45) is 3.74. The second kappa shape index (κ2) is 7.14. The highest BCUT2D eigenvalue weighted by Crippen LogP contribution is 2.24. The van der Waals surface area contributed by atoms with Gasteiger partial charge in [-0.2, -0.15) is 0 Å². The van der Waals surface area contributed by atoms with Gasteiger partial charge in [-0.15, -0.1) is 11.3 Å². The molecule has 0 saturated heterocycles. The van der Waals surface area contributed by atoms with Crippen LogP contribution in [0.1, 0.15) is 21.8 Å². The molecule has 0 aliphatic rings. The van der Waals surface area contributed by atoms with Crippen LogP contribution in [0.2, 0.25) is 5.02 Å². The van der Waals surface area contributed by atoms with Crippen molar-refractivity contribution in [2.45, 2.75) is 13.8 Å². The van der Waals surface area contributed by atoms with Crippen molar-refractivity contribution in [1.82, 2.24) is 9.55 Å². The maximum Gasteiger partial charge on any atom is 0.267 e. The highest BCUT2D eigenvalue weighted by molar-refractivity contribution is 7.11. The lowest BCUT2D eigenvalue weighted by Gasteiger charge is -2.13. The number of rotatable bonds is 3. The Labute approximate surface area is 166 Å². The molecule has 4 aromatic rings. The number of hydrogen-bond acceptors (Lipinski definition) is 3. The fourth-order valence-electron chi connectivity index (χ4n) is 3.11. The summed E-state index contributed by atoms with van der Waals surface area (Å²) in [6, 6.07) is 15.4. The van der Waals surface area contributed by atoms with E-state index in [9.17, 15) is 4.79 Å². The molecule has 2 heterocycles. The van der Waals surface area contributed by atoms with Crippen molar-refractivity contribution in [2.75, 3.05) is 0 Å². The maximum absolute atomic E-state index is 13.3. The van der Waals surface area contributed by atoms with Crippen molar-refractivity contribution in [3.8, 4) is 5.69 Å². The zero-order chi connectivity index (χ0) is 19.0. The molecular formula is C22H17ClN2OS. The van der Waals surface area contributed by atoms with Crippen LogP contribution in [0.15, 0.2) is 58.7 Å². The summed E-state index contributed by atoms with van der Waals surface area (Å²) in [7, 11) is 0. The minimum Gasteiger partial charge on any atom is -0.268 e. The normalized spacial score (nSPS) is 11.5. The maximum atomic E-state index is 13.3. The second-order valence-electron chi connectivity index (χ2n) is 6.30. The summed E-state index contributed by atoms with van der Waals surface area (Å²) in [5.74, 6) is 0.583. The lowest BCUT2D eigenvalue weighted by Crippen LogP contribution is -2.23. The minimum atomic E-state index is -0.0492. The van der Waals surface area contributed by atoms with E-state index in [4.69, 9.17) is 16.6 Å². The van der Waals surface area contributed by atoms with Crippen LogP contribution >= 0.6 is 22.9 Å². The quantitative estimate of drug-likeness (QED) is 0.435. The van der Waals surface area contributed by atoms with E-state index in [1.807, 2.05) is 79.9 Å². The number of nitrogens with zero attached hydrogens (tertiary/aromatic N) is 2. The molecule has 0 aliphatic heterocycles. The first-order chi connectivity index (χ1) is 13.1.